The van der Waals surface area contributed by atoms with Gasteiger partial charge in [0, 0.05) is 6.42 Å². The van der Waals surface area contributed by atoms with Gasteiger partial charge in [-0.15, -0.1) is 0 Å². The lowest BCUT2D eigenvalue weighted by Gasteiger charge is -2.28. The Labute approximate surface area is 217 Å². The van der Waals surface area contributed by atoms with Crippen molar-refractivity contribution in [3.63, 3.8) is 0 Å². The number of fused-ring (bicyclic) bond motifs is 2. The van der Waals surface area contributed by atoms with E-state index < -0.39 is 12.2 Å². The van der Waals surface area contributed by atoms with Gasteiger partial charge < -0.3 is 19.7 Å². The van der Waals surface area contributed by atoms with Crippen LogP contribution >= 0.6 is 0 Å². The average molecular weight is 497 g/mol. The summed E-state index contributed by atoms with van der Waals surface area (Å²) in [6.45, 7) is 9.05. The van der Waals surface area contributed by atoms with Crippen molar-refractivity contribution in [1.29, 1.82) is 0 Å². The molecule has 0 aromatic carbocycles. The fourth-order valence-electron chi connectivity index (χ4n) is 5.19. The van der Waals surface area contributed by atoms with E-state index in [9.17, 15) is 15.0 Å². The zero-order valence-electron chi connectivity index (χ0n) is 21.9. The number of carbonyl (C=O) groups is 1. The Bertz CT molecular complexity index is 879. The van der Waals surface area contributed by atoms with Gasteiger partial charge in [0.2, 0.25) is 0 Å². The largest absolute Gasteiger partial charge is 0.389 e. The van der Waals surface area contributed by atoms with Crippen molar-refractivity contribution >= 4 is 5.78 Å². The monoisotopic (exact) mass is 496 g/mol. The molecule has 198 valence electrons. The Hall–Kier alpha value is -2.05. The lowest BCUT2D eigenvalue weighted by molar-refractivity contribution is -0.116. The molecule has 0 saturated carbocycles. The van der Waals surface area contributed by atoms with Crippen molar-refractivity contribution in [3.8, 4) is 0 Å². The maximum atomic E-state index is 12.8. The first-order chi connectivity index (χ1) is 17.3. The van der Waals surface area contributed by atoms with Crippen LogP contribution in [0.5, 0.6) is 0 Å². The van der Waals surface area contributed by atoms with E-state index in [1.807, 2.05) is 18.2 Å². The molecule has 3 rings (SSSR count). The van der Waals surface area contributed by atoms with E-state index in [4.69, 9.17) is 9.47 Å². The molecule has 36 heavy (non-hydrogen) atoms. The van der Waals surface area contributed by atoms with E-state index in [0.29, 0.717) is 31.8 Å². The molecule has 0 aromatic rings. The molecule has 7 atom stereocenters. The molecule has 2 bridgehead atoms. The second-order valence-electron chi connectivity index (χ2n) is 10.8. The predicted octanol–water partition coefficient (Wildman–Crippen LogP) is 5.56. The number of ether oxygens (including phenoxy) is 2. The Morgan fingerprint density at radius 2 is 1.89 bits per heavy atom. The summed E-state index contributed by atoms with van der Waals surface area (Å²) in [6, 6.07) is 0. The summed E-state index contributed by atoms with van der Waals surface area (Å²) in [5, 5.41) is 21.4. The van der Waals surface area contributed by atoms with Crippen LogP contribution in [0, 0.1) is 11.8 Å². The number of ketones is 1. The molecule has 2 N–H and O–H groups in total. The molecule has 5 nitrogen and oxygen atoms in total. The summed E-state index contributed by atoms with van der Waals surface area (Å²) in [7, 11) is 0. The summed E-state index contributed by atoms with van der Waals surface area (Å²) in [5.41, 5.74) is 2.30. The summed E-state index contributed by atoms with van der Waals surface area (Å²) < 4.78 is 12.0. The van der Waals surface area contributed by atoms with Gasteiger partial charge in [0.25, 0.3) is 0 Å². The minimum absolute atomic E-state index is 0.0199. The van der Waals surface area contributed by atoms with Gasteiger partial charge in [0.05, 0.1) is 37.1 Å². The number of allylic oxidation sites excluding steroid dienone is 2. The third kappa shape index (κ3) is 10.1. The highest BCUT2D eigenvalue weighted by Crippen LogP contribution is 2.26. The highest BCUT2D eigenvalue weighted by Gasteiger charge is 2.22. The fourth-order valence-corrected chi connectivity index (χ4v) is 5.19. The number of aliphatic hydroxyl groups is 2. The van der Waals surface area contributed by atoms with Gasteiger partial charge >= 0.3 is 0 Å². The van der Waals surface area contributed by atoms with Crippen molar-refractivity contribution in [3.05, 3.63) is 72.4 Å². The highest BCUT2D eigenvalue weighted by atomic mass is 16.5. The van der Waals surface area contributed by atoms with E-state index in [1.165, 1.54) is 5.57 Å². The van der Waals surface area contributed by atoms with E-state index >= 15 is 0 Å². The van der Waals surface area contributed by atoms with E-state index in [0.717, 1.165) is 31.3 Å². The molecule has 3 aliphatic rings. The van der Waals surface area contributed by atoms with Crippen LogP contribution in [0.3, 0.4) is 0 Å². The first-order valence-corrected chi connectivity index (χ1v) is 13.4. The van der Waals surface area contributed by atoms with Gasteiger partial charge in [-0.3, -0.25) is 4.79 Å². The molecule has 0 saturated heterocycles. The van der Waals surface area contributed by atoms with Crippen LogP contribution in [0.25, 0.3) is 0 Å². The molecule has 0 aromatic heterocycles. The Morgan fingerprint density at radius 3 is 2.69 bits per heavy atom. The molecule has 0 aliphatic carbocycles. The minimum atomic E-state index is -0.786. The SMILES string of the molecule is C=C1C[C@H](C)C[C@@H]2CC=C[C@@H](C/C=C\C(=O)C[C@H]([C@@H](O)/C=C/C3CC(C)=CCO3)C/C=C/[C@@H](O)C1)O2. The summed E-state index contributed by atoms with van der Waals surface area (Å²) in [5.74, 6) is 0.105. The summed E-state index contributed by atoms with van der Waals surface area (Å²) >= 11 is 0. The first kappa shape index (κ1) is 28.5. The molecule has 3 aliphatic heterocycles. The quantitative estimate of drug-likeness (QED) is 0.501. The van der Waals surface area contributed by atoms with Crippen molar-refractivity contribution in [1.82, 2.24) is 0 Å². The minimum Gasteiger partial charge on any atom is -0.389 e. The van der Waals surface area contributed by atoms with Crippen molar-refractivity contribution in [2.24, 2.45) is 11.8 Å². The standard InChI is InChI=1S/C31H44O5/c1-22-15-16-35-29(19-22)13-14-31(34)25-7-4-8-26(32)18-23(2)17-24(3)20-30-12-6-11-28(36-30)10-5-9-27(33)21-25/h4-6,8-9,11,13-15,24-26,28-32,34H,2,7,10,12,16-21H2,1,3H3/b8-4+,9-5-,14-13+/t24-,25+,26+,28+,29?,30-,31-/m0/s1. The Kier molecular flexibility index (Phi) is 11.6. The maximum absolute atomic E-state index is 12.8. The molecule has 1 unspecified atom stereocenters. The second-order valence-corrected chi connectivity index (χ2v) is 10.8. The Balaban J connectivity index is 1.70. The van der Waals surface area contributed by atoms with Gasteiger partial charge in [0.15, 0.2) is 5.78 Å². The molecule has 0 fully saturated rings. The first-order valence-electron chi connectivity index (χ1n) is 13.4. The molecule has 0 radical (unpaired) electrons. The number of rotatable bonds is 3. The van der Waals surface area contributed by atoms with Gasteiger partial charge in [-0.2, -0.15) is 0 Å². The Morgan fingerprint density at radius 1 is 1.08 bits per heavy atom. The smallest absolute Gasteiger partial charge is 0.155 e. The van der Waals surface area contributed by atoms with Crippen molar-refractivity contribution in [2.75, 3.05) is 6.61 Å². The van der Waals surface area contributed by atoms with Crippen LogP contribution in [-0.4, -0.2) is 53.1 Å². The fraction of sp³-hybridized carbons (Fsp3) is 0.581. The zero-order valence-corrected chi connectivity index (χ0v) is 21.9. The molecule has 0 amide bonds. The van der Waals surface area contributed by atoms with Crippen molar-refractivity contribution in [2.45, 2.75) is 95.7 Å². The third-order valence-corrected chi connectivity index (χ3v) is 7.12. The summed E-state index contributed by atoms with van der Waals surface area (Å²) in [4.78, 5) is 12.8. The zero-order chi connectivity index (χ0) is 25.9. The lowest BCUT2D eigenvalue weighted by atomic mass is 9.90. The van der Waals surface area contributed by atoms with Crippen LogP contribution in [0.2, 0.25) is 0 Å². The molecule has 0 spiro atoms. The van der Waals surface area contributed by atoms with Crippen LogP contribution in [-0.2, 0) is 14.3 Å². The van der Waals surface area contributed by atoms with Crippen LogP contribution in [0.4, 0.5) is 0 Å². The van der Waals surface area contributed by atoms with Gasteiger partial charge in [-0.25, -0.2) is 0 Å². The normalized spacial score (nSPS) is 36.1. The van der Waals surface area contributed by atoms with E-state index in [-0.39, 0.29) is 36.4 Å². The van der Waals surface area contributed by atoms with Gasteiger partial charge in [0.1, 0.15) is 0 Å². The average Bonchev–Trinajstić information content (AvgIpc) is 2.81. The number of hydrogen-bond acceptors (Lipinski definition) is 5. The maximum Gasteiger partial charge on any atom is 0.155 e. The van der Waals surface area contributed by atoms with Crippen LogP contribution < -0.4 is 0 Å². The van der Waals surface area contributed by atoms with E-state index in [2.05, 4.69) is 38.7 Å². The molecular formula is C31H44O5. The number of hydrogen-bond donors (Lipinski definition) is 2. The number of aliphatic hydroxyl groups excluding tert-OH is 2. The van der Waals surface area contributed by atoms with Crippen LogP contribution in [0.15, 0.2) is 72.4 Å². The van der Waals surface area contributed by atoms with Gasteiger partial charge in [-0.1, -0.05) is 73.3 Å². The highest BCUT2D eigenvalue weighted by molar-refractivity contribution is 5.89. The van der Waals surface area contributed by atoms with E-state index in [1.54, 1.807) is 18.2 Å². The predicted molar refractivity (Wildman–Crippen MR) is 144 cm³/mol. The summed E-state index contributed by atoms with van der Waals surface area (Å²) in [6.07, 6.45) is 21.2. The topological polar surface area (TPSA) is 76.0 Å². The van der Waals surface area contributed by atoms with Gasteiger partial charge in [-0.05, 0) is 69.8 Å². The number of carbonyl (C=O) groups excluding carboxylic acids is 1. The third-order valence-electron chi connectivity index (χ3n) is 7.12. The molecule has 5 heteroatoms. The molecular weight excluding hydrogens is 452 g/mol. The second kappa shape index (κ2) is 14.6. The lowest BCUT2D eigenvalue weighted by Crippen LogP contribution is -2.26. The molecule has 3 heterocycles. The van der Waals surface area contributed by atoms with Crippen molar-refractivity contribution < 1.29 is 24.5 Å². The van der Waals surface area contributed by atoms with Crippen LogP contribution in [0.1, 0.15) is 65.2 Å².